The SMILES string of the molecule is CCC(C)CCn1nc(C(=O)NCCOC)c2c1CCN(Cc1cccnc1)C2. The van der Waals surface area contributed by atoms with E-state index < -0.39 is 0 Å². The molecule has 3 rings (SSSR count). The molecule has 29 heavy (non-hydrogen) atoms. The van der Waals surface area contributed by atoms with Crippen molar-refractivity contribution in [2.75, 3.05) is 26.8 Å². The Bertz CT molecular complexity index is 790. The lowest BCUT2D eigenvalue weighted by Gasteiger charge is -2.27. The number of hydrogen-bond acceptors (Lipinski definition) is 5. The number of fused-ring (bicyclic) bond motifs is 1. The molecule has 0 fully saturated rings. The van der Waals surface area contributed by atoms with E-state index in [-0.39, 0.29) is 5.91 Å². The van der Waals surface area contributed by atoms with Crippen LogP contribution >= 0.6 is 0 Å². The minimum Gasteiger partial charge on any atom is -0.383 e. The second kappa shape index (κ2) is 10.5. The third kappa shape index (κ3) is 5.64. The van der Waals surface area contributed by atoms with Crippen LogP contribution in [-0.4, -0.2) is 52.4 Å². The summed E-state index contributed by atoms with van der Waals surface area (Å²) < 4.78 is 7.13. The van der Waals surface area contributed by atoms with E-state index in [2.05, 4.69) is 39.8 Å². The monoisotopic (exact) mass is 399 g/mol. The molecule has 0 spiro atoms. The first kappa shape index (κ1) is 21.5. The van der Waals surface area contributed by atoms with Gasteiger partial charge in [-0.05, 0) is 24.0 Å². The maximum Gasteiger partial charge on any atom is 0.272 e. The molecule has 3 heterocycles. The second-order valence-corrected chi connectivity index (χ2v) is 7.87. The molecule has 0 radical (unpaired) electrons. The van der Waals surface area contributed by atoms with Gasteiger partial charge in [0.25, 0.3) is 5.91 Å². The molecule has 158 valence electrons. The highest BCUT2D eigenvalue weighted by Gasteiger charge is 2.28. The van der Waals surface area contributed by atoms with Gasteiger partial charge in [-0.25, -0.2) is 0 Å². The topological polar surface area (TPSA) is 72.3 Å². The molecule has 7 heteroatoms. The molecule has 7 nitrogen and oxygen atoms in total. The molecule has 1 atom stereocenters. The van der Waals surface area contributed by atoms with Gasteiger partial charge in [-0.3, -0.25) is 19.4 Å². The molecule has 1 unspecified atom stereocenters. The molecule has 1 N–H and O–H groups in total. The number of aryl methyl sites for hydroxylation is 1. The molecule has 1 amide bonds. The van der Waals surface area contributed by atoms with Gasteiger partial charge >= 0.3 is 0 Å². The maximum absolute atomic E-state index is 12.8. The highest BCUT2D eigenvalue weighted by molar-refractivity contribution is 5.94. The number of hydrogen-bond donors (Lipinski definition) is 1. The molecule has 0 aliphatic carbocycles. The van der Waals surface area contributed by atoms with Crippen molar-refractivity contribution in [3.8, 4) is 0 Å². The standard InChI is InChI=1S/C22H33N5O2/c1-4-17(2)7-12-27-20-8-11-26(15-18-6-5-9-23-14-18)16-19(20)21(25-27)22(28)24-10-13-29-3/h5-6,9,14,17H,4,7-8,10-13,15-16H2,1-3H3,(H,24,28). The predicted octanol–water partition coefficient (Wildman–Crippen LogP) is 2.65. The third-order valence-electron chi connectivity index (χ3n) is 5.68. The normalized spacial score (nSPS) is 15.1. The highest BCUT2D eigenvalue weighted by Crippen LogP contribution is 2.25. The lowest BCUT2D eigenvalue weighted by atomic mass is 10.0. The minimum absolute atomic E-state index is 0.108. The number of pyridine rings is 1. The van der Waals surface area contributed by atoms with Gasteiger partial charge in [0.1, 0.15) is 0 Å². The molecule has 0 saturated heterocycles. The fourth-order valence-corrected chi connectivity index (χ4v) is 3.70. The number of carbonyl (C=O) groups is 1. The average Bonchev–Trinajstić information content (AvgIpc) is 3.11. The Morgan fingerprint density at radius 2 is 2.28 bits per heavy atom. The van der Waals surface area contributed by atoms with Gasteiger partial charge in [0.05, 0.1) is 6.61 Å². The van der Waals surface area contributed by atoms with Crippen molar-refractivity contribution in [2.45, 2.75) is 52.7 Å². The number of aromatic nitrogens is 3. The number of ether oxygens (including phenoxy) is 1. The summed E-state index contributed by atoms with van der Waals surface area (Å²) >= 11 is 0. The molecule has 0 bridgehead atoms. The van der Waals surface area contributed by atoms with E-state index in [9.17, 15) is 4.79 Å². The van der Waals surface area contributed by atoms with Crippen LogP contribution in [0.1, 0.15) is 54.0 Å². The fraction of sp³-hybridized carbons (Fsp3) is 0.591. The summed E-state index contributed by atoms with van der Waals surface area (Å²) in [7, 11) is 1.63. The molecule has 1 aliphatic heterocycles. The maximum atomic E-state index is 12.8. The van der Waals surface area contributed by atoms with E-state index >= 15 is 0 Å². The molecule has 0 saturated carbocycles. The van der Waals surface area contributed by atoms with Gasteiger partial charge < -0.3 is 10.1 Å². The van der Waals surface area contributed by atoms with E-state index in [1.165, 1.54) is 11.3 Å². The Kier molecular flexibility index (Phi) is 7.77. The van der Waals surface area contributed by atoms with Crippen molar-refractivity contribution in [3.63, 3.8) is 0 Å². The Hall–Kier alpha value is -2.25. The van der Waals surface area contributed by atoms with E-state index in [0.29, 0.717) is 24.8 Å². The summed E-state index contributed by atoms with van der Waals surface area (Å²) in [4.78, 5) is 19.4. The zero-order valence-corrected chi connectivity index (χ0v) is 17.9. The quantitative estimate of drug-likeness (QED) is 0.622. The van der Waals surface area contributed by atoms with E-state index in [1.807, 2.05) is 12.3 Å². The number of nitrogens with one attached hydrogen (secondary N) is 1. The van der Waals surface area contributed by atoms with Gasteiger partial charge in [0.15, 0.2) is 5.69 Å². The van der Waals surface area contributed by atoms with E-state index in [1.54, 1.807) is 13.3 Å². The van der Waals surface area contributed by atoms with Crippen molar-refractivity contribution in [1.29, 1.82) is 0 Å². The summed E-state index contributed by atoms with van der Waals surface area (Å²) in [5, 5.41) is 7.68. The van der Waals surface area contributed by atoms with Gasteiger partial charge in [0, 0.05) is 69.9 Å². The first-order valence-corrected chi connectivity index (χ1v) is 10.6. The summed E-state index contributed by atoms with van der Waals surface area (Å²) in [5.74, 6) is 0.545. The zero-order chi connectivity index (χ0) is 20.6. The van der Waals surface area contributed by atoms with Gasteiger partial charge in [0.2, 0.25) is 0 Å². The van der Waals surface area contributed by atoms with Gasteiger partial charge in [-0.2, -0.15) is 5.10 Å². The summed E-state index contributed by atoms with van der Waals surface area (Å²) in [6.45, 7) is 8.86. The lowest BCUT2D eigenvalue weighted by molar-refractivity contribution is 0.0929. The first-order valence-electron chi connectivity index (χ1n) is 10.6. The molecular weight excluding hydrogens is 366 g/mol. The van der Waals surface area contributed by atoms with Crippen molar-refractivity contribution in [2.24, 2.45) is 5.92 Å². The fourth-order valence-electron chi connectivity index (χ4n) is 3.70. The van der Waals surface area contributed by atoms with Crippen LogP contribution in [0.5, 0.6) is 0 Å². The van der Waals surface area contributed by atoms with Crippen molar-refractivity contribution >= 4 is 5.91 Å². The highest BCUT2D eigenvalue weighted by atomic mass is 16.5. The Balaban J connectivity index is 1.78. The number of carbonyl (C=O) groups excluding carboxylic acids is 1. The number of rotatable bonds is 10. The van der Waals surface area contributed by atoms with Crippen LogP contribution < -0.4 is 5.32 Å². The Labute approximate surface area is 173 Å². The lowest BCUT2D eigenvalue weighted by Crippen LogP contribution is -2.33. The van der Waals surface area contributed by atoms with Crippen LogP contribution in [0, 0.1) is 5.92 Å². The largest absolute Gasteiger partial charge is 0.383 e. The van der Waals surface area contributed by atoms with Crippen LogP contribution in [0.25, 0.3) is 0 Å². The average molecular weight is 400 g/mol. The van der Waals surface area contributed by atoms with Crippen molar-refractivity contribution in [1.82, 2.24) is 25.0 Å². The molecule has 2 aromatic heterocycles. The number of methoxy groups -OCH3 is 1. The van der Waals surface area contributed by atoms with Crippen LogP contribution in [-0.2, 0) is 30.8 Å². The summed E-state index contributed by atoms with van der Waals surface area (Å²) in [5.41, 5.74) is 4.04. The van der Waals surface area contributed by atoms with Crippen LogP contribution in [0.4, 0.5) is 0 Å². The van der Waals surface area contributed by atoms with Gasteiger partial charge in [-0.15, -0.1) is 0 Å². The Morgan fingerprint density at radius 1 is 1.41 bits per heavy atom. The molecular formula is C22H33N5O2. The van der Waals surface area contributed by atoms with Crippen molar-refractivity contribution in [3.05, 3.63) is 47.0 Å². The van der Waals surface area contributed by atoms with E-state index in [4.69, 9.17) is 9.84 Å². The molecule has 0 aromatic carbocycles. The molecule has 2 aromatic rings. The third-order valence-corrected chi connectivity index (χ3v) is 5.68. The van der Waals surface area contributed by atoms with Crippen molar-refractivity contribution < 1.29 is 9.53 Å². The first-order chi connectivity index (χ1) is 14.1. The number of amides is 1. The second-order valence-electron chi connectivity index (χ2n) is 7.87. The van der Waals surface area contributed by atoms with E-state index in [0.717, 1.165) is 51.0 Å². The summed E-state index contributed by atoms with van der Waals surface area (Å²) in [6, 6.07) is 4.06. The summed E-state index contributed by atoms with van der Waals surface area (Å²) in [6.07, 6.45) is 6.85. The number of nitrogens with zero attached hydrogens (tertiary/aromatic N) is 4. The van der Waals surface area contributed by atoms with Crippen LogP contribution in [0.15, 0.2) is 24.5 Å². The molecule has 1 aliphatic rings. The van der Waals surface area contributed by atoms with Crippen LogP contribution in [0.3, 0.4) is 0 Å². The predicted molar refractivity (Wildman–Crippen MR) is 113 cm³/mol. The van der Waals surface area contributed by atoms with Gasteiger partial charge in [-0.1, -0.05) is 26.3 Å². The van der Waals surface area contributed by atoms with Crippen LogP contribution in [0.2, 0.25) is 0 Å². The zero-order valence-electron chi connectivity index (χ0n) is 17.9. The minimum atomic E-state index is -0.108. The Morgan fingerprint density at radius 3 is 3.00 bits per heavy atom. The smallest absolute Gasteiger partial charge is 0.272 e.